The molecule has 1 N–H and O–H groups in total. The molecule has 0 saturated carbocycles. The second-order valence-electron chi connectivity index (χ2n) is 8.55. The van der Waals surface area contributed by atoms with Gasteiger partial charge in [0.05, 0.1) is 5.56 Å². The van der Waals surface area contributed by atoms with Crippen molar-refractivity contribution in [3.63, 3.8) is 0 Å². The number of ether oxygens (including phenoxy) is 2. The number of pyridine rings is 1. The van der Waals surface area contributed by atoms with Gasteiger partial charge >= 0.3 is 5.97 Å². The van der Waals surface area contributed by atoms with Crippen molar-refractivity contribution >= 4 is 5.97 Å². The summed E-state index contributed by atoms with van der Waals surface area (Å²) < 4.78 is 12.3. The smallest absolute Gasteiger partial charge is 0.340 e. The molecule has 1 aromatic carbocycles. The highest BCUT2D eigenvalue weighted by atomic mass is 16.6. The number of aromatic nitrogens is 1. The lowest BCUT2D eigenvalue weighted by Crippen LogP contribution is -2.65. The molecule has 3 heterocycles. The first-order valence-corrected chi connectivity index (χ1v) is 10.1. The second kappa shape index (κ2) is 5.83. The number of likely N-dealkylation sites (tertiary alicyclic amines) is 1. The summed E-state index contributed by atoms with van der Waals surface area (Å²) in [5, 5.41) is 10.5. The van der Waals surface area contributed by atoms with Crippen LogP contribution in [-0.4, -0.2) is 52.8 Å². The molecule has 6 rings (SSSR count). The number of nitrogens with zero attached hydrogens (tertiary/aromatic N) is 2. The van der Waals surface area contributed by atoms with Crippen molar-refractivity contribution in [2.75, 3.05) is 13.6 Å². The van der Waals surface area contributed by atoms with Crippen LogP contribution in [0.3, 0.4) is 0 Å². The van der Waals surface area contributed by atoms with Gasteiger partial charge in [0.15, 0.2) is 17.6 Å². The summed E-state index contributed by atoms with van der Waals surface area (Å²) in [6, 6.07) is 7.55. The van der Waals surface area contributed by atoms with Crippen molar-refractivity contribution < 1.29 is 19.4 Å². The molecule has 1 spiro atoms. The molecular formula is C23H22N2O4. The number of esters is 1. The van der Waals surface area contributed by atoms with Crippen LogP contribution in [-0.2, 0) is 16.6 Å². The average molecular weight is 390 g/mol. The van der Waals surface area contributed by atoms with Crippen molar-refractivity contribution in [2.24, 2.45) is 5.92 Å². The zero-order chi connectivity index (χ0) is 19.8. The number of benzene rings is 1. The number of phenolic OH excluding ortho intramolecular Hbond substituents is 1. The highest BCUT2D eigenvalue weighted by Crippen LogP contribution is 2.62. The predicted molar refractivity (Wildman–Crippen MR) is 105 cm³/mol. The number of carbonyl (C=O) groups excluding carboxylic acids is 1. The Bertz CT molecular complexity index is 1040. The highest BCUT2D eigenvalue weighted by Gasteiger charge is 2.65. The van der Waals surface area contributed by atoms with Crippen molar-refractivity contribution in [3.8, 4) is 11.5 Å². The summed E-state index contributed by atoms with van der Waals surface area (Å²) in [5.74, 6) is 0.606. The maximum Gasteiger partial charge on any atom is 0.340 e. The zero-order valence-electron chi connectivity index (χ0n) is 16.1. The minimum Gasteiger partial charge on any atom is -0.504 e. The van der Waals surface area contributed by atoms with E-state index in [-0.39, 0.29) is 23.2 Å². The first kappa shape index (κ1) is 17.0. The van der Waals surface area contributed by atoms with E-state index in [2.05, 4.69) is 23.0 Å². The fraction of sp³-hybridized carbons (Fsp3) is 0.391. The van der Waals surface area contributed by atoms with Crippen molar-refractivity contribution in [1.82, 2.24) is 9.88 Å². The van der Waals surface area contributed by atoms with Crippen LogP contribution in [0.2, 0.25) is 0 Å². The van der Waals surface area contributed by atoms with Crippen molar-refractivity contribution in [3.05, 3.63) is 65.5 Å². The molecule has 5 unspecified atom stereocenters. The quantitative estimate of drug-likeness (QED) is 0.627. The van der Waals surface area contributed by atoms with Crippen LogP contribution >= 0.6 is 0 Å². The molecule has 148 valence electrons. The molecule has 5 atom stereocenters. The Morgan fingerprint density at radius 3 is 3.07 bits per heavy atom. The van der Waals surface area contributed by atoms with E-state index in [0.29, 0.717) is 17.4 Å². The average Bonchev–Trinajstić information content (AvgIpc) is 3.10. The number of rotatable bonds is 2. The summed E-state index contributed by atoms with van der Waals surface area (Å²) in [5.41, 5.74) is 2.52. The Morgan fingerprint density at radius 2 is 2.24 bits per heavy atom. The molecule has 2 aliphatic heterocycles. The Balaban J connectivity index is 1.45. The van der Waals surface area contributed by atoms with Crippen molar-refractivity contribution in [1.29, 1.82) is 0 Å². The maximum atomic E-state index is 12.7. The number of hydrogen-bond acceptors (Lipinski definition) is 6. The number of likely N-dealkylation sites (N-methyl/N-ethyl adjacent to an activating group) is 1. The van der Waals surface area contributed by atoms with Crippen LogP contribution in [0.4, 0.5) is 0 Å². The van der Waals surface area contributed by atoms with E-state index in [1.807, 2.05) is 12.1 Å². The Morgan fingerprint density at radius 1 is 1.34 bits per heavy atom. The van der Waals surface area contributed by atoms with Gasteiger partial charge in [-0.2, -0.15) is 0 Å². The molecule has 0 amide bonds. The molecule has 1 fully saturated rings. The number of carbonyl (C=O) groups is 1. The van der Waals surface area contributed by atoms with Gasteiger partial charge in [-0.05, 0) is 56.3 Å². The van der Waals surface area contributed by atoms with E-state index in [0.717, 1.165) is 24.9 Å². The fourth-order valence-electron chi connectivity index (χ4n) is 6.00. The number of phenols is 1. The van der Waals surface area contributed by atoms with Gasteiger partial charge in [-0.25, -0.2) is 4.79 Å². The topological polar surface area (TPSA) is 71.9 Å². The lowest BCUT2D eigenvalue weighted by atomic mass is 9.53. The van der Waals surface area contributed by atoms with Gasteiger partial charge in [0.25, 0.3) is 0 Å². The predicted octanol–water partition coefficient (Wildman–Crippen LogP) is 2.46. The van der Waals surface area contributed by atoms with Crippen molar-refractivity contribution in [2.45, 2.75) is 36.5 Å². The van der Waals surface area contributed by atoms with Crippen LogP contribution in [0.25, 0.3) is 0 Å². The molecule has 2 aromatic rings. The van der Waals surface area contributed by atoms with E-state index in [1.54, 1.807) is 24.4 Å². The van der Waals surface area contributed by atoms with Gasteiger partial charge < -0.3 is 19.5 Å². The number of piperidine rings is 1. The SMILES string of the molecule is CN1CCC23c4c5ccc(O)c4OC2C(OC(=O)c2cccnc2)C=CC3C1C5. The Labute approximate surface area is 168 Å². The summed E-state index contributed by atoms with van der Waals surface area (Å²) >= 11 is 0. The number of hydrogen-bond donors (Lipinski definition) is 1. The fourth-order valence-corrected chi connectivity index (χ4v) is 6.00. The van der Waals surface area contributed by atoms with Crippen LogP contribution < -0.4 is 4.74 Å². The van der Waals surface area contributed by atoms with E-state index in [4.69, 9.17) is 9.47 Å². The van der Waals surface area contributed by atoms with E-state index < -0.39 is 12.1 Å². The summed E-state index contributed by atoms with van der Waals surface area (Å²) in [6.07, 6.45) is 8.32. The Kier molecular flexibility index (Phi) is 3.42. The van der Waals surface area contributed by atoms with E-state index >= 15 is 0 Å². The van der Waals surface area contributed by atoms with Crippen LogP contribution in [0.15, 0.2) is 48.8 Å². The third-order valence-corrected chi connectivity index (χ3v) is 7.27. The zero-order valence-corrected chi connectivity index (χ0v) is 16.1. The first-order chi connectivity index (χ1) is 14.1. The third-order valence-electron chi connectivity index (χ3n) is 7.27. The molecule has 2 aliphatic carbocycles. The summed E-state index contributed by atoms with van der Waals surface area (Å²) in [4.78, 5) is 19.2. The summed E-state index contributed by atoms with van der Waals surface area (Å²) in [6.45, 7) is 0.951. The number of aromatic hydroxyl groups is 1. The molecule has 0 radical (unpaired) electrons. The molecule has 6 nitrogen and oxygen atoms in total. The standard InChI is InChI=1S/C23H22N2O4/c1-25-10-8-23-15-5-7-18(28-22(27)14-3-2-9-24-12-14)21(23)29-20-17(26)6-4-13(19(20)23)11-16(15)25/h2-7,9,12,15-16,18,21,26H,8,10-11H2,1H3. The second-order valence-corrected chi connectivity index (χ2v) is 8.55. The molecule has 4 aliphatic rings. The summed E-state index contributed by atoms with van der Waals surface area (Å²) in [7, 11) is 2.18. The van der Waals surface area contributed by atoms with Crippen LogP contribution in [0.1, 0.15) is 27.9 Å². The minimum absolute atomic E-state index is 0.168. The van der Waals surface area contributed by atoms with Gasteiger partial charge in [0, 0.05) is 35.3 Å². The van der Waals surface area contributed by atoms with Gasteiger partial charge in [-0.15, -0.1) is 0 Å². The lowest BCUT2D eigenvalue weighted by Gasteiger charge is -2.56. The van der Waals surface area contributed by atoms with Crippen LogP contribution in [0.5, 0.6) is 11.5 Å². The third kappa shape index (κ3) is 2.15. The Hall–Kier alpha value is -2.86. The van der Waals surface area contributed by atoms with Gasteiger partial charge in [0.2, 0.25) is 0 Å². The maximum absolute atomic E-state index is 12.7. The molecule has 2 bridgehead atoms. The van der Waals surface area contributed by atoms with Gasteiger partial charge in [0.1, 0.15) is 6.10 Å². The minimum atomic E-state index is -0.513. The van der Waals surface area contributed by atoms with Gasteiger partial charge in [-0.1, -0.05) is 12.1 Å². The molecule has 1 saturated heterocycles. The molecule has 29 heavy (non-hydrogen) atoms. The lowest BCUT2D eigenvalue weighted by molar-refractivity contribution is -0.0555. The van der Waals surface area contributed by atoms with Gasteiger partial charge in [-0.3, -0.25) is 4.98 Å². The van der Waals surface area contributed by atoms with E-state index in [9.17, 15) is 9.90 Å². The normalized spacial score (nSPS) is 33.7. The highest BCUT2D eigenvalue weighted by molar-refractivity contribution is 5.89. The first-order valence-electron chi connectivity index (χ1n) is 10.1. The largest absolute Gasteiger partial charge is 0.504 e. The van der Waals surface area contributed by atoms with E-state index in [1.165, 1.54) is 11.8 Å². The monoisotopic (exact) mass is 390 g/mol. The van der Waals surface area contributed by atoms with Crippen LogP contribution in [0, 0.1) is 5.92 Å². The molecular weight excluding hydrogens is 368 g/mol. The molecule has 1 aromatic heterocycles. The molecule has 6 heteroatoms.